The Labute approximate surface area is 150 Å². The summed E-state index contributed by atoms with van der Waals surface area (Å²) in [6.45, 7) is 2.06. The van der Waals surface area contributed by atoms with Gasteiger partial charge in [0.05, 0.1) is 0 Å². The number of piperidine rings is 1. The molecule has 0 spiro atoms. The van der Waals surface area contributed by atoms with Gasteiger partial charge in [0.1, 0.15) is 0 Å². The van der Waals surface area contributed by atoms with Crippen molar-refractivity contribution >= 4 is 11.9 Å². The van der Waals surface area contributed by atoms with Crippen molar-refractivity contribution in [2.45, 2.75) is 57.5 Å². The van der Waals surface area contributed by atoms with Gasteiger partial charge in [0.25, 0.3) is 0 Å². The van der Waals surface area contributed by atoms with Gasteiger partial charge in [0.2, 0.25) is 5.91 Å². The lowest BCUT2D eigenvalue weighted by Gasteiger charge is -2.35. The van der Waals surface area contributed by atoms with E-state index in [0.717, 1.165) is 44.3 Å². The van der Waals surface area contributed by atoms with Gasteiger partial charge in [-0.1, -0.05) is 49.6 Å². The topological polar surface area (TPSA) is 61.4 Å². The number of carbonyl (C=O) groups excluding carboxylic acids is 2. The molecule has 0 radical (unpaired) electrons. The highest BCUT2D eigenvalue weighted by atomic mass is 16.2. The standard InChI is InChI=1S/C20H29N3O2/c24-19(17-9-5-2-6-10-17)23-13-11-18(12-14-23)22-20(25)21-15-16-7-3-1-4-8-16/h1,3-4,7-8,17-18H,2,5-6,9-15H2,(H2,21,22,25). The fourth-order valence-corrected chi connectivity index (χ4v) is 3.87. The van der Waals surface area contributed by atoms with E-state index in [1.54, 1.807) is 0 Å². The first kappa shape index (κ1) is 17.8. The van der Waals surface area contributed by atoms with Crippen molar-refractivity contribution in [1.29, 1.82) is 0 Å². The smallest absolute Gasteiger partial charge is 0.315 e. The average Bonchev–Trinajstić information content (AvgIpc) is 2.68. The first-order chi connectivity index (χ1) is 12.2. The molecule has 1 aliphatic heterocycles. The molecule has 1 aromatic rings. The zero-order chi connectivity index (χ0) is 17.5. The van der Waals surface area contributed by atoms with Crippen LogP contribution in [0, 0.1) is 5.92 Å². The SMILES string of the molecule is O=C(NCc1ccccc1)NC1CCN(C(=O)C2CCCCC2)CC1. The molecule has 1 saturated carbocycles. The molecule has 0 unspecified atom stereocenters. The second kappa shape index (κ2) is 8.88. The van der Waals surface area contributed by atoms with Gasteiger partial charge in [0.15, 0.2) is 0 Å². The normalized spacial score (nSPS) is 19.4. The summed E-state index contributed by atoms with van der Waals surface area (Å²) >= 11 is 0. The van der Waals surface area contributed by atoms with E-state index in [0.29, 0.717) is 12.5 Å². The van der Waals surface area contributed by atoms with Crippen molar-refractivity contribution in [2.75, 3.05) is 13.1 Å². The monoisotopic (exact) mass is 343 g/mol. The Balaban J connectivity index is 1.37. The minimum atomic E-state index is -0.124. The van der Waals surface area contributed by atoms with E-state index in [2.05, 4.69) is 10.6 Å². The molecule has 1 heterocycles. The Kier molecular flexibility index (Phi) is 6.31. The second-order valence-corrected chi connectivity index (χ2v) is 7.25. The van der Waals surface area contributed by atoms with Crippen molar-refractivity contribution < 1.29 is 9.59 Å². The van der Waals surface area contributed by atoms with Crippen LogP contribution in [0.2, 0.25) is 0 Å². The molecule has 0 bridgehead atoms. The lowest BCUT2D eigenvalue weighted by Crippen LogP contribution is -2.50. The Morgan fingerprint density at radius 1 is 0.960 bits per heavy atom. The highest BCUT2D eigenvalue weighted by molar-refractivity contribution is 5.79. The van der Waals surface area contributed by atoms with Gasteiger partial charge in [-0.15, -0.1) is 0 Å². The number of nitrogens with one attached hydrogen (secondary N) is 2. The molecule has 2 aliphatic rings. The molecule has 1 aromatic carbocycles. The molecule has 5 heteroatoms. The predicted molar refractivity (Wildman–Crippen MR) is 98.0 cm³/mol. The van der Waals surface area contributed by atoms with Crippen LogP contribution >= 0.6 is 0 Å². The largest absolute Gasteiger partial charge is 0.342 e. The predicted octanol–water partition coefficient (Wildman–Crippen LogP) is 3.06. The first-order valence-corrected chi connectivity index (χ1v) is 9.59. The summed E-state index contributed by atoms with van der Waals surface area (Å²) in [6, 6.07) is 9.92. The lowest BCUT2D eigenvalue weighted by molar-refractivity contribution is -0.137. The Morgan fingerprint density at radius 2 is 1.64 bits per heavy atom. The summed E-state index contributed by atoms with van der Waals surface area (Å²) in [5, 5.41) is 5.94. The Morgan fingerprint density at radius 3 is 2.32 bits per heavy atom. The fraction of sp³-hybridized carbons (Fsp3) is 0.600. The third kappa shape index (κ3) is 5.21. The number of hydrogen-bond donors (Lipinski definition) is 2. The Bertz CT molecular complexity index is 562. The number of rotatable bonds is 4. The average molecular weight is 343 g/mol. The molecule has 3 amide bonds. The highest BCUT2D eigenvalue weighted by Gasteiger charge is 2.29. The molecular weight excluding hydrogens is 314 g/mol. The molecule has 2 N–H and O–H groups in total. The summed E-state index contributed by atoms with van der Waals surface area (Å²) in [7, 11) is 0. The maximum absolute atomic E-state index is 12.6. The molecule has 1 saturated heterocycles. The quantitative estimate of drug-likeness (QED) is 0.883. The zero-order valence-corrected chi connectivity index (χ0v) is 14.9. The minimum absolute atomic E-state index is 0.124. The van der Waals surface area contributed by atoms with E-state index in [9.17, 15) is 9.59 Å². The third-order valence-electron chi connectivity index (χ3n) is 5.39. The van der Waals surface area contributed by atoms with Crippen molar-refractivity contribution in [3.8, 4) is 0 Å². The second-order valence-electron chi connectivity index (χ2n) is 7.25. The molecular formula is C20H29N3O2. The van der Waals surface area contributed by atoms with Gasteiger partial charge >= 0.3 is 6.03 Å². The molecule has 5 nitrogen and oxygen atoms in total. The lowest BCUT2D eigenvalue weighted by atomic mass is 9.87. The number of benzene rings is 1. The summed E-state index contributed by atoms with van der Waals surface area (Å²) in [5.41, 5.74) is 1.09. The third-order valence-corrected chi connectivity index (χ3v) is 5.39. The van der Waals surface area contributed by atoms with Gasteiger partial charge < -0.3 is 15.5 Å². The van der Waals surface area contributed by atoms with E-state index < -0.39 is 0 Å². The summed E-state index contributed by atoms with van der Waals surface area (Å²) in [4.78, 5) is 26.6. The van der Waals surface area contributed by atoms with Gasteiger partial charge in [0, 0.05) is 31.6 Å². The van der Waals surface area contributed by atoms with Crippen LogP contribution in [0.5, 0.6) is 0 Å². The highest BCUT2D eigenvalue weighted by Crippen LogP contribution is 2.26. The van der Waals surface area contributed by atoms with Crippen LogP contribution < -0.4 is 10.6 Å². The van der Waals surface area contributed by atoms with Crippen molar-refractivity contribution in [3.63, 3.8) is 0 Å². The molecule has 2 fully saturated rings. The van der Waals surface area contributed by atoms with Crippen LogP contribution in [-0.4, -0.2) is 36.0 Å². The van der Waals surface area contributed by atoms with Crippen molar-refractivity contribution in [1.82, 2.24) is 15.5 Å². The molecule has 136 valence electrons. The molecule has 0 atom stereocenters. The maximum atomic E-state index is 12.6. The number of likely N-dealkylation sites (tertiary alicyclic amines) is 1. The van der Waals surface area contributed by atoms with Gasteiger partial charge in [-0.25, -0.2) is 4.79 Å². The minimum Gasteiger partial charge on any atom is -0.342 e. The van der Waals surface area contributed by atoms with E-state index in [4.69, 9.17) is 0 Å². The summed E-state index contributed by atoms with van der Waals surface area (Å²) in [5.74, 6) is 0.583. The van der Waals surface area contributed by atoms with Crippen LogP contribution in [0.3, 0.4) is 0 Å². The van der Waals surface area contributed by atoms with Crippen LogP contribution in [0.25, 0.3) is 0 Å². The first-order valence-electron chi connectivity index (χ1n) is 9.59. The molecule has 25 heavy (non-hydrogen) atoms. The number of nitrogens with zero attached hydrogens (tertiary/aromatic N) is 1. The van der Waals surface area contributed by atoms with Crippen molar-refractivity contribution in [2.24, 2.45) is 5.92 Å². The van der Waals surface area contributed by atoms with Gasteiger partial charge in [-0.3, -0.25) is 4.79 Å². The molecule has 0 aromatic heterocycles. The summed E-state index contributed by atoms with van der Waals surface area (Å²) < 4.78 is 0. The Hall–Kier alpha value is -2.04. The van der Waals surface area contributed by atoms with Crippen LogP contribution in [0.15, 0.2) is 30.3 Å². The number of hydrogen-bond acceptors (Lipinski definition) is 2. The molecule has 3 rings (SSSR count). The van der Waals surface area contributed by atoms with E-state index in [1.807, 2.05) is 35.2 Å². The number of urea groups is 1. The molecule has 1 aliphatic carbocycles. The summed E-state index contributed by atoms with van der Waals surface area (Å²) in [6.07, 6.45) is 7.45. The van der Waals surface area contributed by atoms with Gasteiger partial charge in [-0.2, -0.15) is 0 Å². The fourth-order valence-electron chi connectivity index (χ4n) is 3.87. The zero-order valence-electron chi connectivity index (χ0n) is 14.9. The maximum Gasteiger partial charge on any atom is 0.315 e. The van der Waals surface area contributed by atoms with Crippen molar-refractivity contribution in [3.05, 3.63) is 35.9 Å². The number of carbonyl (C=O) groups is 2. The van der Waals surface area contributed by atoms with Gasteiger partial charge in [-0.05, 0) is 31.2 Å². The van der Waals surface area contributed by atoms with Crippen LogP contribution in [0.1, 0.15) is 50.5 Å². The van der Waals surface area contributed by atoms with E-state index >= 15 is 0 Å². The van der Waals surface area contributed by atoms with E-state index in [1.165, 1.54) is 19.3 Å². The number of amides is 3. The van der Waals surface area contributed by atoms with E-state index in [-0.39, 0.29) is 18.0 Å². The van der Waals surface area contributed by atoms with Crippen LogP contribution in [-0.2, 0) is 11.3 Å². The van der Waals surface area contributed by atoms with Crippen LogP contribution in [0.4, 0.5) is 4.79 Å².